The molecule has 0 spiro atoms. The van der Waals surface area contributed by atoms with Crippen molar-refractivity contribution in [1.82, 2.24) is 25.2 Å². The third kappa shape index (κ3) is 3.61. The minimum absolute atomic E-state index is 0.0110. The molecule has 2 amide bonds. The molecule has 2 aromatic heterocycles. The highest BCUT2D eigenvalue weighted by Crippen LogP contribution is 2.40. The lowest BCUT2D eigenvalue weighted by molar-refractivity contribution is -0.128. The first kappa shape index (κ1) is 18.5. The highest BCUT2D eigenvalue weighted by molar-refractivity contribution is 5.89. The summed E-state index contributed by atoms with van der Waals surface area (Å²) in [7, 11) is 1.74. The van der Waals surface area contributed by atoms with E-state index >= 15 is 0 Å². The highest BCUT2D eigenvalue weighted by Gasteiger charge is 2.37. The molecular formula is C21H25N5O2. The van der Waals surface area contributed by atoms with Gasteiger partial charge in [0.25, 0.3) is 0 Å². The Bertz CT molecular complexity index is 912. The lowest BCUT2D eigenvalue weighted by Gasteiger charge is -2.37. The van der Waals surface area contributed by atoms with E-state index < -0.39 is 0 Å². The Hall–Kier alpha value is -2.83. The number of carbonyl (C=O) groups is 2. The number of hydrogen-bond donors (Lipinski definition) is 1. The van der Waals surface area contributed by atoms with Crippen LogP contribution < -0.4 is 5.32 Å². The lowest BCUT2D eigenvalue weighted by Crippen LogP contribution is -2.40. The zero-order valence-electron chi connectivity index (χ0n) is 16.5. The Morgan fingerprint density at radius 3 is 2.71 bits per heavy atom. The van der Waals surface area contributed by atoms with Gasteiger partial charge >= 0.3 is 0 Å². The van der Waals surface area contributed by atoms with Gasteiger partial charge in [-0.3, -0.25) is 14.6 Å². The van der Waals surface area contributed by atoms with Gasteiger partial charge in [-0.2, -0.15) is 0 Å². The molecule has 7 nitrogen and oxygen atoms in total. The Balaban J connectivity index is 1.60. The van der Waals surface area contributed by atoms with Crippen molar-refractivity contribution in [3.05, 3.63) is 42.0 Å². The summed E-state index contributed by atoms with van der Waals surface area (Å²) in [5, 5.41) is 3.17. The number of nitrogens with zero attached hydrogens (tertiary/aromatic N) is 4. The zero-order valence-corrected chi connectivity index (χ0v) is 16.5. The number of hydrogen-bond acceptors (Lipinski definition) is 5. The summed E-state index contributed by atoms with van der Waals surface area (Å²) in [5.41, 5.74) is 2.89. The van der Waals surface area contributed by atoms with E-state index in [0.29, 0.717) is 12.4 Å². The topological polar surface area (TPSA) is 88.1 Å². The standard InChI is InChI=1S/C21H25N5O2/c1-21(2)9-16-15(11-23-19(24-16)13-4-6-22-7-5-13)17(10-21)25-20(28)14-8-18(27)26(3)12-14/h4-7,11,14,17H,8-10,12H2,1-3H3,(H,25,28). The molecule has 2 unspecified atom stereocenters. The third-order valence-corrected chi connectivity index (χ3v) is 5.64. The number of amides is 2. The maximum Gasteiger partial charge on any atom is 0.225 e. The van der Waals surface area contributed by atoms with Crippen molar-refractivity contribution in [3.8, 4) is 11.4 Å². The number of pyridine rings is 1. The van der Waals surface area contributed by atoms with Gasteiger partial charge in [0.15, 0.2) is 5.82 Å². The molecule has 0 saturated carbocycles. The van der Waals surface area contributed by atoms with Crippen molar-refractivity contribution in [3.63, 3.8) is 0 Å². The van der Waals surface area contributed by atoms with Crippen LogP contribution in [0.3, 0.4) is 0 Å². The molecule has 0 aromatic carbocycles. The fourth-order valence-corrected chi connectivity index (χ4v) is 4.14. The Morgan fingerprint density at radius 2 is 2.04 bits per heavy atom. The number of fused-ring (bicyclic) bond motifs is 1. The van der Waals surface area contributed by atoms with Crippen LogP contribution in [0.1, 0.15) is 44.0 Å². The van der Waals surface area contributed by atoms with Gasteiger partial charge in [-0.15, -0.1) is 0 Å². The van der Waals surface area contributed by atoms with Crippen molar-refractivity contribution in [2.75, 3.05) is 13.6 Å². The summed E-state index contributed by atoms with van der Waals surface area (Å²) in [6.07, 6.45) is 7.23. The quantitative estimate of drug-likeness (QED) is 0.883. The molecule has 1 fully saturated rings. The van der Waals surface area contributed by atoms with E-state index in [1.165, 1.54) is 0 Å². The molecule has 28 heavy (non-hydrogen) atoms. The molecule has 1 saturated heterocycles. The van der Waals surface area contributed by atoms with Crippen LogP contribution in [0.25, 0.3) is 11.4 Å². The van der Waals surface area contributed by atoms with E-state index in [1.807, 2.05) is 18.3 Å². The Morgan fingerprint density at radius 1 is 1.29 bits per heavy atom. The molecule has 3 heterocycles. The Kier molecular flexibility index (Phi) is 4.61. The molecule has 7 heteroatoms. The van der Waals surface area contributed by atoms with E-state index in [4.69, 9.17) is 4.98 Å². The van der Waals surface area contributed by atoms with Gasteiger partial charge in [-0.25, -0.2) is 9.97 Å². The fourth-order valence-electron chi connectivity index (χ4n) is 4.14. The van der Waals surface area contributed by atoms with Gasteiger partial charge in [-0.05, 0) is 30.4 Å². The van der Waals surface area contributed by atoms with Crippen LogP contribution in [-0.4, -0.2) is 45.3 Å². The average molecular weight is 379 g/mol. The van der Waals surface area contributed by atoms with Crippen LogP contribution in [0.5, 0.6) is 0 Å². The number of aromatic nitrogens is 3. The largest absolute Gasteiger partial charge is 0.349 e. The van der Waals surface area contributed by atoms with Crippen molar-refractivity contribution in [2.24, 2.45) is 11.3 Å². The fraction of sp³-hybridized carbons (Fsp3) is 0.476. The van der Waals surface area contributed by atoms with Crippen molar-refractivity contribution in [1.29, 1.82) is 0 Å². The van der Waals surface area contributed by atoms with Crippen molar-refractivity contribution >= 4 is 11.8 Å². The van der Waals surface area contributed by atoms with E-state index in [2.05, 4.69) is 29.1 Å². The van der Waals surface area contributed by atoms with Crippen LogP contribution in [0, 0.1) is 11.3 Å². The monoisotopic (exact) mass is 379 g/mol. The molecule has 0 bridgehead atoms. The maximum atomic E-state index is 12.8. The molecule has 1 aliphatic carbocycles. The second-order valence-electron chi connectivity index (χ2n) is 8.61. The summed E-state index contributed by atoms with van der Waals surface area (Å²) < 4.78 is 0. The number of likely N-dealkylation sites (tertiary alicyclic amines) is 1. The van der Waals surface area contributed by atoms with Gasteiger partial charge in [0.1, 0.15) is 0 Å². The normalized spacial score (nSPS) is 23.4. The molecule has 2 atom stereocenters. The average Bonchev–Trinajstić information content (AvgIpc) is 3.00. The Labute approximate surface area is 164 Å². The molecule has 4 rings (SSSR count). The molecule has 1 aliphatic heterocycles. The second-order valence-corrected chi connectivity index (χ2v) is 8.61. The number of carbonyl (C=O) groups excluding carboxylic acids is 2. The van der Waals surface area contributed by atoms with Crippen LogP contribution in [0.4, 0.5) is 0 Å². The van der Waals surface area contributed by atoms with E-state index in [0.717, 1.165) is 29.7 Å². The molecule has 146 valence electrons. The predicted octanol–water partition coefficient (Wildman–Crippen LogP) is 2.15. The highest BCUT2D eigenvalue weighted by atomic mass is 16.2. The molecular weight excluding hydrogens is 354 g/mol. The minimum atomic E-state index is -0.289. The molecule has 2 aromatic rings. The van der Waals surface area contributed by atoms with Crippen LogP contribution in [0.15, 0.2) is 30.7 Å². The molecule has 0 radical (unpaired) electrons. The van der Waals surface area contributed by atoms with Crippen molar-refractivity contribution < 1.29 is 9.59 Å². The first-order chi connectivity index (χ1) is 13.3. The SMILES string of the molecule is CN1CC(C(=O)NC2CC(C)(C)Cc3nc(-c4ccncc4)ncc32)CC1=O. The summed E-state index contributed by atoms with van der Waals surface area (Å²) in [6, 6.07) is 3.64. The number of rotatable bonds is 3. The molecule has 2 aliphatic rings. The smallest absolute Gasteiger partial charge is 0.225 e. The van der Waals surface area contributed by atoms with Gasteiger partial charge in [0.2, 0.25) is 11.8 Å². The third-order valence-electron chi connectivity index (χ3n) is 5.64. The summed E-state index contributed by atoms with van der Waals surface area (Å²) >= 11 is 0. The predicted molar refractivity (Wildman–Crippen MR) is 104 cm³/mol. The summed E-state index contributed by atoms with van der Waals surface area (Å²) in [4.78, 5) is 39.6. The lowest BCUT2D eigenvalue weighted by atomic mass is 9.74. The summed E-state index contributed by atoms with van der Waals surface area (Å²) in [6.45, 7) is 4.86. The van der Waals surface area contributed by atoms with E-state index in [9.17, 15) is 9.59 Å². The van der Waals surface area contributed by atoms with Crippen LogP contribution in [0.2, 0.25) is 0 Å². The van der Waals surface area contributed by atoms with Gasteiger partial charge in [0.05, 0.1) is 17.7 Å². The second kappa shape index (κ2) is 6.96. The summed E-state index contributed by atoms with van der Waals surface area (Å²) in [5.74, 6) is 0.342. The molecule has 1 N–H and O–H groups in total. The van der Waals surface area contributed by atoms with Gasteiger partial charge in [-0.1, -0.05) is 13.8 Å². The van der Waals surface area contributed by atoms with Crippen LogP contribution in [-0.2, 0) is 16.0 Å². The van der Waals surface area contributed by atoms with E-state index in [-0.39, 0.29) is 35.6 Å². The zero-order chi connectivity index (χ0) is 19.9. The maximum absolute atomic E-state index is 12.8. The first-order valence-corrected chi connectivity index (χ1v) is 9.63. The van der Waals surface area contributed by atoms with E-state index in [1.54, 1.807) is 24.3 Å². The minimum Gasteiger partial charge on any atom is -0.349 e. The van der Waals surface area contributed by atoms with Crippen molar-refractivity contribution in [2.45, 2.75) is 39.2 Å². The van der Waals surface area contributed by atoms with Crippen LogP contribution >= 0.6 is 0 Å². The van der Waals surface area contributed by atoms with Gasteiger partial charge < -0.3 is 10.2 Å². The first-order valence-electron chi connectivity index (χ1n) is 9.63. The van der Waals surface area contributed by atoms with Gasteiger partial charge in [0, 0.05) is 49.7 Å². The number of nitrogens with one attached hydrogen (secondary N) is 1.